The van der Waals surface area contributed by atoms with Gasteiger partial charge in [-0.15, -0.1) is 0 Å². The third kappa shape index (κ3) is 3.66. The van der Waals surface area contributed by atoms with Crippen LogP contribution >= 0.6 is 0 Å². The first-order chi connectivity index (χ1) is 16.5. The van der Waals surface area contributed by atoms with Gasteiger partial charge in [-0.25, -0.2) is 0 Å². The van der Waals surface area contributed by atoms with Crippen molar-refractivity contribution in [3.63, 3.8) is 0 Å². The van der Waals surface area contributed by atoms with Crippen molar-refractivity contribution in [2.24, 2.45) is 5.92 Å². The number of allylic oxidation sites excluding steroid dienone is 2. The van der Waals surface area contributed by atoms with Gasteiger partial charge in [-0.3, -0.25) is 14.5 Å². The van der Waals surface area contributed by atoms with Crippen LogP contribution in [-0.2, 0) is 9.31 Å². The first-order valence-corrected chi connectivity index (χ1v) is 12.9. The van der Waals surface area contributed by atoms with E-state index in [1.54, 1.807) is 24.3 Å². The number of amides is 2. The minimum Gasteiger partial charge on any atom is -0.403 e. The Morgan fingerprint density at radius 1 is 1.11 bits per heavy atom. The number of aliphatic hydroxyl groups is 1. The zero-order valence-electron chi connectivity index (χ0n) is 21.5. The lowest BCUT2D eigenvalue weighted by molar-refractivity contribution is -0.124. The zero-order chi connectivity index (χ0) is 25.2. The van der Waals surface area contributed by atoms with Gasteiger partial charge < -0.3 is 14.4 Å². The summed E-state index contributed by atoms with van der Waals surface area (Å²) in [4.78, 5) is 28.3. The quantitative estimate of drug-likeness (QED) is 0.342. The van der Waals surface area contributed by atoms with Crippen LogP contribution in [0.3, 0.4) is 0 Å². The van der Waals surface area contributed by atoms with Gasteiger partial charge in [-0.1, -0.05) is 37.3 Å². The van der Waals surface area contributed by atoms with Gasteiger partial charge in [-0.05, 0) is 70.6 Å². The van der Waals surface area contributed by atoms with Crippen molar-refractivity contribution in [2.45, 2.75) is 95.4 Å². The van der Waals surface area contributed by atoms with E-state index < -0.39 is 11.1 Å². The Balaban J connectivity index is 1.41. The van der Waals surface area contributed by atoms with Crippen LogP contribution in [0.1, 0.15) is 87.4 Å². The molecule has 0 radical (unpaired) electrons. The molecule has 0 spiro atoms. The topological polar surface area (TPSA) is 76.1 Å². The minimum atomic E-state index is -0.857. The van der Waals surface area contributed by atoms with Crippen LogP contribution in [0, 0.1) is 5.92 Å². The average Bonchev–Trinajstić information content (AvgIpc) is 3.58. The second-order valence-electron chi connectivity index (χ2n) is 11.4. The van der Waals surface area contributed by atoms with Crippen LogP contribution in [-0.4, -0.2) is 51.3 Å². The predicted molar refractivity (Wildman–Crippen MR) is 135 cm³/mol. The summed E-state index contributed by atoms with van der Waals surface area (Å²) in [5, 5.41) is 11.3. The van der Waals surface area contributed by atoms with Crippen LogP contribution in [0.4, 0.5) is 0 Å². The van der Waals surface area contributed by atoms with E-state index >= 15 is 0 Å². The normalized spacial score (nSPS) is 34.6. The molecule has 7 heteroatoms. The van der Waals surface area contributed by atoms with Crippen LogP contribution in [0.25, 0.3) is 0 Å². The molecule has 2 saturated carbocycles. The average molecular weight is 477 g/mol. The van der Waals surface area contributed by atoms with Gasteiger partial charge in [0.05, 0.1) is 33.5 Å². The van der Waals surface area contributed by atoms with Crippen molar-refractivity contribution >= 4 is 18.9 Å². The number of benzene rings is 1. The van der Waals surface area contributed by atoms with E-state index in [9.17, 15) is 14.7 Å². The van der Waals surface area contributed by atoms with E-state index in [-0.39, 0.29) is 36.1 Å². The first-order valence-electron chi connectivity index (χ1n) is 12.9. The van der Waals surface area contributed by atoms with Crippen molar-refractivity contribution in [3.8, 4) is 0 Å². The maximum absolute atomic E-state index is 13.5. The molecule has 0 bridgehead atoms. The molecule has 2 aliphatic carbocycles. The SMILES string of the molecule is C/C=C(\C=C/CB1OC(C)(C)C(C)(CC)O1)C1(N2C(=O)c3ccccc3C2=O)CC(O)(C2CC2)C1. The molecule has 0 aromatic heterocycles. The summed E-state index contributed by atoms with van der Waals surface area (Å²) in [5.41, 5.74) is -0.691. The molecule has 6 nitrogen and oxygen atoms in total. The summed E-state index contributed by atoms with van der Waals surface area (Å²) in [6.45, 7) is 10.2. The van der Waals surface area contributed by atoms with E-state index in [0.717, 1.165) is 24.8 Å². The Morgan fingerprint density at radius 2 is 1.71 bits per heavy atom. The van der Waals surface area contributed by atoms with Crippen molar-refractivity contribution in [1.29, 1.82) is 0 Å². The largest absolute Gasteiger partial charge is 0.461 e. The molecule has 2 aliphatic heterocycles. The monoisotopic (exact) mass is 477 g/mol. The number of nitrogens with zero attached hydrogens (tertiary/aromatic N) is 1. The van der Waals surface area contributed by atoms with Crippen LogP contribution in [0.15, 0.2) is 48.1 Å². The third-order valence-corrected chi connectivity index (χ3v) is 9.00. The van der Waals surface area contributed by atoms with Crippen molar-refractivity contribution < 1.29 is 24.0 Å². The Morgan fingerprint density at radius 3 is 2.20 bits per heavy atom. The van der Waals surface area contributed by atoms with Gasteiger partial charge >= 0.3 is 7.12 Å². The number of hydrogen-bond acceptors (Lipinski definition) is 5. The smallest absolute Gasteiger partial charge is 0.403 e. The highest BCUT2D eigenvalue weighted by molar-refractivity contribution is 6.46. The zero-order valence-corrected chi connectivity index (χ0v) is 21.5. The molecule has 4 aliphatic rings. The molecule has 1 aromatic carbocycles. The second-order valence-corrected chi connectivity index (χ2v) is 11.4. The van der Waals surface area contributed by atoms with Gasteiger partial charge in [0.2, 0.25) is 0 Å². The maximum atomic E-state index is 13.5. The Bertz CT molecular complexity index is 1080. The lowest BCUT2D eigenvalue weighted by Crippen LogP contribution is -2.68. The van der Waals surface area contributed by atoms with Crippen LogP contribution in [0.5, 0.6) is 0 Å². The predicted octanol–water partition coefficient (Wildman–Crippen LogP) is 4.94. The third-order valence-electron chi connectivity index (χ3n) is 9.00. The lowest BCUT2D eigenvalue weighted by Gasteiger charge is -2.57. The molecule has 1 aromatic rings. The molecule has 35 heavy (non-hydrogen) atoms. The molecule has 1 unspecified atom stereocenters. The standard InChI is InChI=1S/C28H36BNO5/c1-6-19(11-10-16-29-34-25(3,4)26(5,7-2)35-29)27(17-28(33,18-27)20-14-15-20)30-23(31)21-12-8-9-13-22(21)24(30)32/h6,8-13,20,33H,7,14-18H2,1-5H3/b11-10-,19-6+. The summed E-state index contributed by atoms with van der Waals surface area (Å²) in [6.07, 6.45) is 10.1. The molecule has 2 heterocycles. The Hall–Kier alpha value is -2.22. The molecule has 2 amide bonds. The van der Waals surface area contributed by atoms with Crippen molar-refractivity contribution in [1.82, 2.24) is 4.90 Å². The van der Waals surface area contributed by atoms with Crippen LogP contribution in [0.2, 0.25) is 6.32 Å². The van der Waals surface area contributed by atoms with E-state index in [1.165, 1.54) is 4.90 Å². The highest BCUT2D eigenvalue weighted by Gasteiger charge is 2.66. The van der Waals surface area contributed by atoms with E-state index in [1.807, 2.05) is 25.2 Å². The maximum Gasteiger partial charge on any atom is 0.461 e. The molecule has 3 fully saturated rings. The van der Waals surface area contributed by atoms with Gasteiger partial charge in [0.25, 0.3) is 11.8 Å². The number of carbonyl (C=O) groups is 2. The fourth-order valence-corrected chi connectivity index (χ4v) is 6.28. The summed E-state index contributed by atoms with van der Waals surface area (Å²) < 4.78 is 12.4. The number of rotatable bonds is 7. The molecule has 1 N–H and O–H groups in total. The Labute approximate surface area is 208 Å². The van der Waals surface area contributed by atoms with Crippen LogP contribution < -0.4 is 0 Å². The fraction of sp³-hybridized carbons (Fsp3) is 0.571. The highest BCUT2D eigenvalue weighted by Crippen LogP contribution is 2.60. The molecule has 5 rings (SSSR count). The fourth-order valence-electron chi connectivity index (χ4n) is 6.28. The van der Waals surface area contributed by atoms with Gasteiger partial charge in [0, 0.05) is 19.2 Å². The first kappa shape index (κ1) is 24.5. The summed E-state index contributed by atoms with van der Waals surface area (Å²) in [6, 6.07) is 6.99. The number of imide groups is 1. The molecule has 1 atom stereocenters. The van der Waals surface area contributed by atoms with E-state index in [0.29, 0.717) is 30.3 Å². The molecular weight excluding hydrogens is 441 g/mol. The van der Waals surface area contributed by atoms with Gasteiger partial charge in [0.15, 0.2) is 0 Å². The van der Waals surface area contributed by atoms with E-state index in [4.69, 9.17) is 9.31 Å². The molecule has 186 valence electrons. The second kappa shape index (κ2) is 8.15. The van der Waals surface area contributed by atoms with Crippen molar-refractivity contribution in [3.05, 3.63) is 59.2 Å². The molecular formula is C28H36BNO5. The Kier molecular flexibility index (Phi) is 5.70. The number of hydrogen-bond donors (Lipinski definition) is 1. The van der Waals surface area contributed by atoms with Gasteiger partial charge in [-0.2, -0.15) is 0 Å². The summed E-state index contributed by atoms with van der Waals surface area (Å²) in [7, 11) is -0.357. The summed E-state index contributed by atoms with van der Waals surface area (Å²) in [5.74, 6) is -0.305. The minimum absolute atomic E-state index is 0.252. The van der Waals surface area contributed by atoms with Crippen molar-refractivity contribution in [2.75, 3.05) is 0 Å². The van der Waals surface area contributed by atoms with E-state index in [2.05, 4.69) is 27.7 Å². The van der Waals surface area contributed by atoms with Gasteiger partial charge in [0.1, 0.15) is 0 Å². The lowest BCUT2D eigenvalue weighted by atomic mass is 9.58. The summed E-state index contributed by atoms with van der Waals surface area (Å²) >= 11 is 0. The highest BCUT2D eigenvalue weighted by atomic mass is 16.7. The number of fused-ring (bicyclic) bond motifs is 1. The number of carbonyl (C=O) groups excluding carboxylic acids is 2. The molecule has 1 saturated heterocycles.